The summed E-state index contributed by atoms with van der Waals surface area (Å²) in [5.74, 6) is 0.245. The maximum Gasteiger partial charge on any atom is 0.264 e. The average molecular weight is 296 g/mol. The van der Waals surface area contributed by atoms with Gasteiger partial charge in [-0.1, -0.05) is 6.92 Å². The molecule has 0 N–H and O–H groups in total. The monoisotopic (exact) mass is 296 g/mol. The van der Waals surface area contributed by atoms with Crippen LogP contribution in [0.4, 0.5) is 0 Å². The topological polar surface area (TPSA) is 86.8 Å². The third-order valence-corrected chi connectivity index (χ3v) is 5.35. The maximum atomic E-state index is 12.2. The van der Waals surface area contributed by atoms with Crippen LogP contribution in [0.5, 0.6) is 0 Å². The largest absolute Gasteiger partial charge is 0.299 e. The minimum absolute atomic E-state index is 0.0729. The number of fused-ring (bicyclic) bond motifs is 1. The quantitative estimate of drug-likeness (QED) is 0.816. The Balaban J connectivity index is 2.07. The molecule has 20 heavy (non-hydrogen) atoms. The second-order valence-electron chi connectivity index (χ2n) is 5.13. The zero-order valence-corrected chi connectivity index (χ0v) is 12.0. The van der Waals surface area contributed by atoms with E-state index in [2.05, 4.69) is 10.1 Å². The molecule has 8 heteroatoms. The molecule has 3 heterocycles. The molecule has 0 bridgehead atoms. The maximum absolute atomic E-state index is 12.2. The lowest BCUT2D eigenvalue weighted by molar-refractivity contribution is 0.511. The molecule has 1 aliphatic rings. The van der Waals surface area contributed by atoms with Gasteiger partial charge in [0.05, 0.1) is 30.1 Å². The van der Waals surface area contributed by atoms with Gasteiger partial charge in [-0.25, -0.2) is 18.1 Å². The zero-order valence-electron chi connectivity index (χ0n) is 11.2. The molecule has 1 saturated heterocycles. The highest BCUT2D eigenvalue weighted by atomic mass is 32.2. The van der Waals surface area contributed by atoms with Gasteiger partial charge in [0.1, 0.15) is 5.39 Å². The van der Waals surface area contributed by atoms with E-state index in [4.69, 9.17) is 0 Å². The Bertz CT molecular complexity index is 806. The fourth-order valence-corrected chi connectivity index (χ4v) is 4.29. The van der Waals surface area contributed by atoms with E-state index in [9.17, 15) is 13.2 Å². The molecule has 1 fully saturated rings. The molecule has 1 aliphatic heterocycles. The van der Waals surface area contributed by atoms with Crippen LogP contribution in [0.3, 0.4) is 0 Å². The van der Waals surface area contributed by atoms with E-state index in [1.807, 2.05) is 6.92 Å². The van der Waals surface area contributed by atoms with Crippen LogP contribution >= 0.6 is 0 Å². The van der Waals surface area contributed by atoms with Crippen LogP contribution in [-0.2, 0) is 16.4 Å². The normalized spacial score (nSPS) is 21.6. The lowest BCUT2D eigenvalue weighted by Gasteiger charge is -2.09. The smallest absolute Gasteiger partial charge is 0.264 e. The van der Waals surface area contributed by atoms with Crippen LogP contribution in [-0.4, -0.2) is 39.3 Å². The van der Waals surface area contributed by atoms with Crippen LogP contribution in [0.15, 0.2) is 17.3 Å². The molecule has 3 rings (SSSR count). The van der Waals surface area contributed by atoms with E-state index in [1.165, 1.54) is 12.5 Å². The Morgan fingerprint density at radius 1 is 1.45 bits per heavy atom. The molecule has 0 amide bonds. The summed E-state index contributed by atoms with van der Waals surface area (Å²) in [4.78, 5) is 16.5. The van der Waals surface area contributed by atoms with Gasteiger partial charge in [0.2, 0.25) is 0 Å². The lowest BCUT2D eigenvalue weighted by Crippen LogP contribution is -2.21. The summed E-state index contributed by atoms with van der Waals surface area (Å²) < 4.78 is 26.2. The minimum Gasteiger partial charge on any atom is -0.299 e. The van der Waals surface area contributed by atoms with Gasteiger partial charge in [0, 0.05) is 6.54 Å². The molecular weight excluding hydrogens is 280 g/mol. The van der Waals surface area contributed by atoms with Crippen molar-refractivity contribution >= 4 is 20.9 Å². The van der Waals surface area contributed by atoms with Gasteiger partial charge in [-0.15, -0.1) is 0 Å². The van der Waals surface area contributed by atoms with Crippen molar-refractivity contribution in [2.75, 3.05) is 11.5 Å². The summed E-state index contributed by atoms with van der Waals surface area (Å²) >= 11 is 0. The Kier molecular flexibility index (Phi) is 3.12. The second-order valence-corrected chi connectivity index (χ2v) is 7.36. The molecule has 1 atom stereocenters. The number of sulfone groups is 1. The molecule has 0 unspecified atom stereocenters. The van der Waals surface area contributed by atoms with Crippen molar-refractivity contribution in [2.45, 2.75) is 32.4 Å². The van der Waals surface area contributed by atoms with Crippen LogP contribution in [0, 0.1) is 0 Å². The van der Waals surface area contributed by atoms with Crippen molar-refractivity contribution in [1.82, 2.24) is 19.3 Å². The Labute approximate surface area is 116 Å². The first-order valence-corrected chi connectivity index (χ1v) is 8.47. The van der Waals surface area contributed by atoms with Gasteiger partial charge in [-0.2, -0.15) is 5.10 Å². The summed E-state index contributed by atoms with van der Waals surface area (Å²) in [7, 11) is -2.99. The van der Waals surface area contributed by atoms with E-state index < -0.39 is 9.84 Å². The van der Waals surface area contributed by atoms with E-state index in [0.717, 1.165) is 6.42 Å². The van der Waals surface area contributed by atoms with Crippen LogP contribution in [0.2, 0.25) is 0 Å². The van der Waals surface area contributed by atoms with Crippen molar-refractivity contribution in [3.05, 3.63) is 22.9 Å². The SMILES string of the molecule is CCCn1cnc2c(cnn2[C@@H]2CCS(=O)(=O)C2)c1=O. The summed E-state index contributed by atoms with van der Waals surface area (Å²) in [6, 6.07) is -0.216. The Hall–Kier alpha value is -1.70. The number of aromatic nitrogens is 4. The van der Waals surface area contributed by atoms with Crippen LogP contribution in [0.25, 0.3) is 11.0 Å². The fourth-order valence-electron chi connectivity index (χ4n) is 2.60. The first kappa shape index (κ1) is 13.3. The van der Waals surface area contributed by atoms with Gasteiger partial charge in [-0.05, 0) is 12.8 Å². The molecule has 108 valence electrons. The fraction of sp³-hybridized carbons (Fsp3) is 0.583. The Morgan fingerprint density at radius 3 is 2.90 bits per heavy atom. The zero-order chi connectivity index (χ0) is 14.3. The lowest BCUT2D eigenvalue weighted by atomic mass is 10.3. The van der Waals surface area contributed by atoms with E-state index in [0.29, 0.717) is 24.0 Å². The van der Waals surface area contributed by atoms with Gasteiger partial charge < -0.3 is 0 Å². The molecule has 0 aliphatic carbocycles. The summed E-state index contributed by atoms with van der Waals surface area (Å²) in [6.45, 7) is 2.61. The minimum atomic E-state index is -2.99. The molecule has 2 aromatic rings. The van der Waals surface area contributed by atoms with Crippen molar-refractivity contribution in [3.63, 3.8) is 0 Å². The second kappa shape index (κ2) is 4.69. The highest BCUT2D eigenvalue weighted by Crippen LogP contribution is 2.25. The summed E-state index contributed by atoms with van der Waals surface area (Å²) in [5.41, 5.74) is 0.355. The number of rotatable bonds is 3. The van der Waals surface area contributed by atoms with Gasteiger partial charge in [0.15, 0.2) is 15.5 Å². The number of hydrogen-bond donors (Lipinski definition) is 0. The molecule has 2 aromatic heterocycles. The summed E-state index contributed by atoms with van der Waals surface area (Å²) in [5, 5.41) is 4.63. The highest BCUT2D eigenvalue weighted by Gasteiger charge is 2.31. The first-order chi connectivity index (χ1) is 9.52. The van der Waals surface area contributed by atoms with Crippen molar-refractivity contribution in [1.29, 1.82) is 0 Å². The molecule has 0 saturated carbocycles. The van der Waals surface area contributed by atoms with Crippen molar-refractivity contribution in [3.8, 4) is 0 Å². The van der Waals surface area contributed by atoms with Gasteiger partial charge >= 0.3 is 0 Å². The molecule has 7 nitrogen and oxygen atoms in total. The van der Waals surface area contributed by atoms with E-state index in [-0.39, 0.29) is 23.1 Å². The highest BCUT2D eigenvalue weighted by molar-refractivity contribution is 7.91. The summed E-state index contributed by atoms with van der Waals surface area (Å²) in [6.07, 6.45) is 4.37. The van der Waals surface area contributed by atoms with Crippen LogP contribution < -0.4 is 5.56 Å². The third-order valence-electron chi connectivity index (χ3n) is 3.60. The number of aryl methyl sites for hydroxylation is 1. The van der Waals surface area contributed by atoms with Gasteiger partial charge in [-0.3, -0.25) is 9.36 Å². The van der Waals surface area contributed by atoms with E-state index >= 15 is 0 Å². The van der Waals surface area contributed by atoms with E-state index in [1.54, 1.807) is 9.25 Å². The molecule has 0 radical (unpaired) electrons. The van der Waals surface area contributed by atoms with Crippen molar-refractivity contribution < 1.29 is 8.42 Å². The average Bonchev–Trinajstić information content (AvgIpc) is 2.96. The number of hydrogen-bond acceptors (Lipinski definition) is 5. The standard InChI is InChI=1S/C12H16N4O3S/c1-2-4-15-8-13-11-10(12(15)17)6-14-16(11)9-3-5-20(18,19)7-9/h6,8-9H,2-5,7H2,1H3/t9-/m1/s1. The predicted molar refractivity (Wildman–Crippen MR) is 74.4 cm³/mol. The predicted octanol–water partition coefficient (Wildman–Crippen LogP) is 0.363. The number of nitrogens with zero attached hydrogens (tertiary/aromatic N) is 4. The third kappa shape index (κ3) is 2.13. The molecule has 0 spiro atoms. The Morgan fingerprint density at radius 2 is 2.25 bits per heavy atom. The van der Waals surface area contributed by atoms with Crippen molar-refractivity contribution in [2.24, 2.45) is 0 Å². The van der Waals surface area contributed by atoms with Crippen LogP contribution in [0.1, 0.15) is 25.8 Å². The molecule has 0 aromatic carbocycles. The first-order valence-electron chi connectivity index (χ1n) is 6.65. The molecular formula is C12H16N4O3S. The van der Waals surface area contributed by atoms with Gasteiger partial charge in [0.25, 0.3) is 5.56 Å².